The van der Waals surface area contributed by atoms with E-state index >= 15 is 0 Å². The van der Waals surface area contributed by atoms with E-state index in [9.17, 15) is 0 Å². The molecule has 0 bridgehead atoms. The van der Waals surface area contributed by atoms with E-state index in [-0.39, 0.29) is 33.9 Å². The van der Waals surface area contributed by atoms with Gasteiger partial charge >= 0.3 is 125 Å². The molecule has 0 saturated heterocycles. The van der Waals surface area contributed by atoms with Crippen LogP contribution in [0.4, 0.5) is 0 Å². The van der Waals surface area contributed by atoms with Gasteiger partial charge in [0.2, 0.25) is 0 Å². The van der Waals surface area contributed by atoms with Crippen LogP contribution in [0.25, 0.3) is 0 Å². The van der Waals surface area contributed by atoms with E-state index in [1.54, 1.807) is 5.57 Å². The van der Waals surface area contributed by atoms with E-state index in [2.05, 4.69) is 65.9 Å². The molecule has 0 saturated carbocycles. The van der Waals surface area contributed by atoms with E-state index in [1.165, 1.54) is 0 Å². The van der Waals surface area contributed by atoms with Gasteiger partial charge in [0.05, 0.1) is 0 Å². The number of halogens is 2. The molecule has 2 unspecified atom stereocenters. The van der Waals surface area contributed by atoms with Crippen molar-refractivity contribution < 1.29 is 44.2 Å². The summed E-state index contributed by atoms with van der Waals surface area (Å²) in [4.78, 5) is 0. The van der Waals surface area contributed by atoms with Crippen LogP contribution in [-0.4, -0.2) is 8.80 Å². The first-order valence-electron chi connectivity index (χ1n) is 6.95. The van der Waals surface area contributed by atoms with Gasteiger partial charge in [-0.15, -0.1) is 0 Å². The Bertz CT molecular complexity index is 377. The third-order valence-electron chi connectivity index (χ3n) is 5.42. The topological polar surface area (TPSA) is 26.0 Å². The number of allylic oxidation sites excluding steroid dienone is 4. The van der Waals surface area contributed by atoms with Crippen LogP contribution in [0.5, 0.6) is 0 Å². The van der Waals surface area contributed by atoms with Gasteiger partial charge in [0, 0.05) is 0 Å². The maximum absolute atomic E-state index is 6.38. The molecule has 5 heteroatoms. The smallest absolute Gasteiger partial charge is 1.00 e. The van der Waals surface area contributed by atoms with Crippen LogP contribution < -0.4 is 29.0 Å². The number of rotatable bonds is 4. The molecule has 0 fully saturated rings. The van der Waals surface area contributed by atoms with Crippen LogP contribution in [0.3, 0.4) is 0 Å². The minimum atomic E-state index is -0.853. The first-order valence-corrected chi connectivity index (χ1v) is 11.5. The molecule has 0 spiro atoms. The zero-order chi connectivity index (χ0) is 14.2. The molecular formula is C15H29Cl2NSiTi. The minimum Gasteiger partial charge on any atom is -1.00 e. The molecule has 1 aliphatic carbocycles. The molecule has 1 nitrogen and oxygen atoms in total. The predicted octanol–water partition coefficient (Wildman–Crippen LogP) is -1.69. The molecule has 0 aromatic rings. The number of hydrogen-bond acceptors (Lipinski definition) is 1. The van der Waals surface area contributed by atoms with Gasteiger partial charge in [0.15, 0.2) is 0 Å². The van der Waals surface area contributed by atoms with Gasteiger partial charge in [-0.1, -0.05) is 0 Å². The second kappa shape index (κ2) is 7.99. The summed E-state index contributed by atoms with van der Waals surface area (Å²) in [7, 11) is -0.853. The SMILES string of the molecule is C[SiH](C)C(C)(C1=CC=CC1)[C](C)([Ti+2][NH2])C(C)(C)C.[Cl-].[Cl-]. The first kappa shape index (κ1) is 23.2. The van der Waals surface area contributed by atoms with Crippen LogP contribution in [0.2, 0.25) is 21.9 Å². The summed E-state index contributed by atoms with van der Waals surface area (Å²) in [6, 6.07) is 0. The Morgan fingerprint density at radius 1 is 1.10 bits per heavy atom. The van der Waals surface area contributed by atoms with Gasteiger partial charge in [-0.05, 0) is 0 Å². The standard InChI is InChI=1S/C15H27Si.2ClH.H2N.Ti/c1-12(14(2,3)4)15(5,16(6)7)13-10-8-9-11-13;;;;/h8-10,16H,11H2,1-7H3;2*1H;1H2;/q;;;-1;+3/p-2. The van der Waals surface area contributed by atoms with Gasteiger partial charge in [0.1, 0.15) is 0 Å². The molecule has 1 rings (SSSR count). The molecule has 1 aliphatic rings. The molecule has 0 aliphatic heterocycles. The Hall–Kier alpha value is 0.951. The number of hydrogen-bond donors (Lipinski definition) is 1. The number of nitrogens with two attached hydrogens (primary N) is 1. The Morgan fingerprint density at radius 2 is 1.60 bits per heavy atom. The van der Waals surface area contributed by atoms with E-state index < -0.39 is 28.2 Å². The Morgan fingerprint density at radius 3 is 1.85 bits per heavy atom. The van der Waals surface area contributed by atoms with Crippen molar-refractivity contribution in [1.82, 2.24) is 0 Å². The fourth-order valence-corrected chi connectivity index (χ4v) is 8.88. The monoisotopic (exact) mass is 369 g/mol. The van der Waals surface area contributed by atoms with Crippen molar-refractivity contribution in [2.75, 3.05) is 0 Å². The first-order chi connectivity index (χ1) is 8.11. The summed E-state index contributed by atoms with van der Waals surface area (Å²) >= 11 is -0.452. The van der Waals surface area contributed by atoms with Crippen LogP contribution in [0.15, 0.2) is 23.8 Å². The molecule has 0 aromatic carbocycles. The second-order valence-corrected chi connectivity index (χ2v) is 12.7. The van der Waals surface area contributed by atoms with Crippen molar-refractivity contribution in [2.45, 2.75) is 62.9 Å². The summed E-state index contributed by atoms with van der Waals surface area (Å²) < 4.78 is 6.66. The zero-order valence-corrected chi connectivity index (χ0v) is 18.1. The molecule has 0 aromatic heterocycles. The third-order valence-corrected chi connectivity index (χ3v) is 12.0. The Kier molecular flexibility index (Phi) is 9.27. The third kappa shape index (κ3) is 3.64. The van der Waals surface area contributed by atoms with E-state index in [0.717, 1.165) is 6.42 Å². The Labute approximate surface area is 148 Å². The van der Waals surface area contributed by atoms with Gasteiger partial charge in [0.25, 0.3) is 0 Å². The van der Waals surface area contributed by atoms with Crippen LogP contribution in [0, 0.1) is 5.41 Å². The summed E-state index contributed by atoms with van der Waals surface area (Å²) in [5, 5.41) is 0.337. The van der Waals surface area contributed by atoms with Crippen molar-refractivity contribution in [3.63, 3.8) is 0 Å². The van der Waals surface area contributed by atoms with Crippen LogP contribution in [0.1, 0.15) is 41.0 Å². The van der Waals surface area contributed by atoms with Crippen molar-refractivity contribution >= 4 is 8.80 Å². The molecule has 0 amide bonds. The molecule has 2 N–H and O–H groups in total. The quantitative estimate of drug-likeness (QED) is 0.588. The van der Waals surface area contributed by atoms with Crippen LogP contribution in [-0.2, 0) is 19.4 Å². The van der Waals surface area contributed by atoms with Crippen molar-refractivity contribution in [2.24, 2.45) is 9.63 Å². The average molecular weight is 370 g/mol. The van der Waals surface area contributed by atoms with E-state index in [0.29, 0.717) is 5.04 Å². The van der Waals surface area contributed by atoms with Crippen molar-refractivity contribution in [3.8, 4) is 0 Å². The van der Waals surface area contributed by atoms with Crippen molar-refractivity contribution in [1.29, 1.82) is 0 Å². The second-order valence-electron chi connectivity index (χ2n) is 7.20. The van der Waals surface area contributed by atoms with Gasteiger partial charge < -0.3 is 24.8 Å². The molecule has 20 heavy (non-hydrogen) atoms. The van der Waals surface area contributed by atoms with Gasteiger partial charge in [-0.3, -0.25) is 0 Å². The van der Waals surface area contributed by atoms with Gasteiger partial charge in [-0.25, -0.2) is 0 Å². The van der Waals surface area contributed by atoms with Crippen molar-refractivity contribution in [3.05, 3.63) is 23.8 Å². The Balaban J connectivity index is 0. The molecular weight excluding hydrogens is 341 g/mol. The molecule has 0 radical (unpaired) electrons. The normalized spacial score (nSPS) is 20.1. The summed E-state index contributed by atoms with van der Waals surface area (Å²) in [5.74, 6) is 0. The average Bonchev–Trinajstić information content (AvgIpc) is 2.78. The minimum absolute atomic E-state index is 0. The van der Waals surface area contributed by atoms with E-state index in [1.807, 2.05) is 0 Å². The molecule has 2 atom stereocenters. The summed E-state index contributed by atoms with van der Waals surface area (Å²) in [5.41, 5.74) is 1.91. The zero-order valence-electron chi connectivity index (χ0n) is 13.8. The largest absolute Gasteiger partial charge is 1.00 e. The maximum Gasteiger partial charge on any atom is -1.00 e. The fourth-order valence-electron chi connectivity index (χ4n) is 3.25. The molecule has 116 valence electrons. The summed E-state index contributed by atoms with van der Waals surface area (Å²) in [6.07, 6.45) is 8.02. The predicted molar refractivity (Wildman–Crippen MR) is 81.1 cm³/mol. The van der Waals surface area contributed by atoms with E-state index in [4.69, 9.17) is 4.22 Å². The molecule has 0 heterocycles. The summed E-state index contributed by atoms with van der Waals surface area (Å²) in [6.45, 7) is 17.1. The maximum atomic E-state index is 6.38. The van der Waals surface area contributed by atoms with Crippen LogP contribution >= 0.6 is 0 Å². The van der Waals surface area contributed by atoms with Gasteiger partial charge in [-0.2, -0.15) is 0 Å². The fraction of sp³-hybridized carbons (Fsp3) is 0.733.